The first-order chi connectivity index (χ1) is 8.65. The SMILES string of the molecule is CCCNCCCOc1ccc(C)cc1[N+](=O)[O-]. The van der Waals surface area contributed by atoms with Crippen molar-refractivity contribution in [2.45, 2.75) is 26.7 Å². The smallest absolute Gasteiger partial charge is 0.311 e. The number of nitro benzene ring substituents is 1. The molecule has 0 aliphatic carbocycles. The lowest BCUT2D eigenvalue weighted by molar-refractivity contribution is -0.385. The average molecular weight is 252 g/mol. The third-order valence-corrected chi connectivity index (χ3v) is 2.49. The predicted octanol–water partition coefficient (Wildman–Crippen LogP) is 2.67. The summed E-state index contributed by atoms with van der Waals surface area (Å²) in [4.78, 5) is 10.5. The third kappa shape index (κ3) is 4.71. The molecule has 5 heteroatoms. The van der Waals surface area contributed by atoms with E-state index < -0.39 is 4.92 Å². The lowest BCUT2D eigenvalue weighted by Crippen LogP contribution is -2.18. The number of hydrogen-bond acceptors (Lipinski definition) is 4. The van der Waals surface area contributed by atoms with Gasteiger partial charge in [0, 0.05) is 6.07 Å². The van der Waals surface area contributed by atoms with Crippen molar-refractivity contribution in [3.63, 3.8) is 0 Å². The molecule has 100 valence electrons. The molecule has 0 unspecified atom stereocenters. The minimum absolute atomic E-state index is 0.0384. The third-order valence-electron chi connectivity index (χ3n) is 2.49. The molecular weight excluding hydrogens is 232 g/mol. The van der Waals surface area contributed by atoms with E-state index in [4.69, 9.17) is 4.74 Å². The van der Waals surface area contributed by atoms with Gasteiger partial charge in [-0.1, -0.05) is 13.0 Å². The van der Waals surface area contributed by atoms with Crippen LogP contribution in [-0.4, -0.2) is 24.6 Å². The van der Waals surface area contributed by atoms with Crippen molar-refractivity contribution < 1.29 is 9.66 Å². The van der Waals surface area contributed by atoms with Crippen LogP contribution < -0.4 is 10.1 Å². The van der Waals surface area contributed by atoms with Crippen molar-refractivity contribution in [2.75, 3.05) is 19.7 Å². The Balaban J connectivity index is 2.44. The molecule has 0 heterocycles. The van der Waals surface area contributed by atoms with Crippen LogP contribution in [0.15, 0.2) is 18.2 Å². The average Bonchev–Trinajstić information content (AvgIpc) is 2.35. The first-order valence-electron chi connectivity index (χ1n) is 6.23. The van der Waals surface area contributed by atoms with Crippen LogP contribution in [0.25, 0.3) is 0 Å². The fourth-order valence-corrected chi connectivity index (χ4v) is 1.57. The molecule has 0 aliphatic rings. The number of aryl methyl sites for hydroxylation is 1. The second-order valence-corrected chi connectivity index (χ2v) is 4.18. The standard InChI is InChI=1S/C13H20N2O3/c1-3-7-14-8-4-9-18-13-6-5-11(2)10-12(13)15(16)17/h5-6,10,14H,3-4,7-9H2,1-2H3. The number of benzene rings is 1. The Labute approximate surface area is 107 Å². The Morgan fingerprint density at radius 3 is 2.83 bits per heavy atom. The lowest BCUT2D eigenvalue weighted by atomic mass is 10.2. The summed E-state index contributed by atoms with van der Waals surface area (Å²) >= 11 is 0. The molecule has 1 N–H and O–H groups in total. The summed E-state index contributed by atoms with van der Waals surface area (Å²) in [7, 11) is 0. The topological polar surface area (TPSA) is 64.4 Å². The van der Waals surface area contributed by atoms with Gasteiger partial charge in [0.25, 0.3) is 0 Å². The van der Waals surface area contributed by atoms with E-state index in [1.807, 2.05) is 13.0 Å². The number of nitrogens with one attached hydrogen (secondary N) is 1. The van der Waals surface area contributed by atoms with Gasteiger partial charge in [-0.05, 0) is 44.5 Å². The highest BCUT2D eigenvalue weighted by Crippen LogP contribution is 2.27. The molecule has 0 bridgehead atoms. The van der Waals surface area contributed by atoms with Crippen LogP contribution in [0, 0.1) is 17.0 Å². The van der Waals surface area contributed by atoms with Crippen LogP contribution >= 0.6 is 0 Å². The van der Waals surface area contributed by atoms with Crippen molar-refractivity contribution in [1.82, 2.24) is 5.32 Å². The van der Waals surface area contributed by atoms with Crippen molar-refractivity contribution in [1.29, 1.82) is 0 Å². The summed E-state index contributed by atoms with van der Waals surface area (Å²) < 4.78 is 5.45. The molecule has 5 nitrogen and oxygen atoms in total. The summed E-state index contributed by atoms with van der Waals surface area (Å²) in [5.41, 5.74) is 0.898. The zero-order chi connectivity index (χ0) is 13.4. The number of nitro groups is 1. The van der Waals surface area contributed by atoms with Gasteiger partial charge in [-0.25, -0.2) is 0 Å². The molecule has 18 heavy (non-hydrogen) atoms. The van der Waals surface area contributed by atoms with Gasteiger partial charge in [-0.3, -0.25) is 10.1 Å². The normalized spacial score (nSPS) is 10.3. The molecule has 0 saturated heterocycles. The van der Waals surface area contributed by atoms with Gasteiger partial charge in [-0.15, -0.1) is 0 Å². The molecular formula is C13H20N2O3. The quantitative estimate of drug-likeness (QED) is 0.439. The molecule has 0 spiro atoms. The van der Waals surface area contributed by atoms with Crippen LogP contribution in [0.5, 0.6) is 5.75 Å². The maximum atomic E-state index is 10.9. The Hall–Kier alpha value is -1.62. The molecule has 1 rings (SSSR count). The summed E-state index contributed by atoms with van der Waals surface area (Å²) in [6.07, 6.45) is 1.94. The summed E-state index contributed by atoms with van der Waals surface area (Å²) in [5, 5.41) is 14.1. The van der Waals surface area contributed by atoms with Crippen molar-refractivity contribution in [3.05, 3.63) is 33.9 Å². The first kappa shape index (κ1) is 14.4. The highest BCUT2D eigenvalue weighted by Gasteiger charge is 2.14. The van der Waals surface area contributed by atoms with Crippen molar-refractivity contribution in [3.8, 4) is 5.75 Å². The number of rotatable bonds is 8. The van der Waals surface area contributed by atoms with Crippen LogP contribution in [0.4, 0.5) is 5.69 Å². The molecule has 0 aromatic heterocycles. The zero-order valence-electron chi connectivity index (χ0n) is 10.9. The van der Waals surface area contributed by atoms with Gasteiger partial charge in [0.05, 0.1) is 11.5 Å². The maximum Gasteiger partial charge on any atom is 0.311 e. The number of hydrogen-bond donors (Lipinski definition) is 1. The van der Waals surface area contributed by atoms with Crippen LogP contribution in [-0.2, 0) is 0 Å². The summed E-state index contributed by atoms with van der Waals surface area (Å²) in [6, 6.07) is 5.01. The highest BCUT2D eigenvalue weighted by atomic mass is 16.6. The monoisotopic (exact) mass is 252 g/mol. The number of nitrogens with zero attached hydrogens (tertiary/aromatic N) is 1. The minimum Gasteiger partial charge on any atom is -0.487 e. The van der Waals surface area contributed by atoms with Gasteiger partial charge >= 0.3 is 5.69 Å². The molecule has 1 aromatic carbocycles. The van der Waals surface area contributed by atoms with E-state index in [1.54, 1.807) is 6.07 Å². The molecule has 0 fully saturated rings. The summed E-state index contributed by atoms with van der Waals surface area (Å²) in [6.45, 7) is 6.28. The minimum atomic E-state index is -0.405. The number of ether oxygens (including phenoxy) is 1. The van der Waals surface area contributed by atoms with Gasteiger partial charge in [0.2, 0.25) is 0 Å². The van der Waals surface area contributed by atoms with Gasteiger partial charge in [-0.2, -0.15) is 0 Å². The fourth-order valence-electron chi connectivity index (χ4n) is 1.57. The summed E-state index contributed by atoms with van der Waals surface area (Å²) in [5.74, 6) is 0.348. The zero-order valence-corrected chi connectivity index (χ0v) is 10.9. The highest BCUT2D eigenvalue weighted by molar-refractivity contribution is 5.48. The van der Waals surface area contributed by atoms with Gasteiger partial charge < -0.3 is 10.1 Å². The van der Waals surface area contributed by atoms with Crippen LogP contribution in [0.2, 0.25) is 0 Å². The Morgan fingerprint density at radius 2 is 2.17 bits per heavy atom. The molecule has 0 atom stereocenters. The van der Waals surface area contributed by atoms with Crippen LogP contribution in [0.3, 0.4) is 0 Å². The second-order valence-electron chi connectivity index (χ2n) is 4.18. The Kier molecular flexibility index (Phi) is 6.14. The maximum absolute atomic E-state index is 10.9. The van der Waals surface area contributed by atoms with Crippen molar-refractivity contribution in [2.24, 2.45) is 0 Å². The van der Waals surface area contributed by atoms with Crippen LogP contribution in [0.1, 0.15) is 25.3 Å². The molecule has 0 saturated carbocycles. The fraction of sp³-hybridized carbons (Fsp3) is 0.538. The molecule has 0 amide bonds. The first-order valence-corrected chi connectivity index (χ1v) is 6.23. The molecule has 1 aromatic rings. The predicted molar refractivity (Wildman–Crippen MR) is 71.1 cm³/mol. The molecule has 0 radical (unpaired) electrons. The largest absolute Gasteiger partial charge is 0.487 e. The van der Waals surface area contributed by atoms with E-state index in [0.717, 1.165) is 31.5 Å². The van der Waals surface area contributed by atoms with E-state index in [2.05, 4.69) is 12.2 Å². The second kappa shape index (κ2) is 7.66. The van der Waals surface area contributed by atoms with E-state index in [9.17, 15) is 10.1 Å². The Bertz CT molecular complexity index is 394. The van der Waals surface area contributed by atoms with Gasteiger partial charge in [0.1, 0.15) is 0 Å². The van der Waals surface area contributed by atoms with E-state index in [-0.39, 0.29) is 5.69 Å². The lowest BCUT2D eigenvalue weighted by Gasteiger charge is -2.07. The van der Waals surface area contributed by atoms with E-state index in [0.29, 0.717) is 12.4 Å². The van der Waals surface area contributed by atoms with E-state index in [1.165, 1.54) is 6.07 Å². The van der Waals surface area contributed by atoms with E-state index >= 15 is 0 Å². The Morgan fingerprint density at radius 1 is 1.39 bits per heavy atom. The van der Waals surface area contributed by atoms with Gasteiger partial charge in [0.15, 0.2) is 5.75 Å². The molecule has 0 aliphatic heterocycles. The van der Waals surface area contributed by atoms with Crippen molar-refractivity contribution >= 4 is 5.69 Å².